The van der Waals surface area contributed by atoms with E-state index in [1.54, 1.807) is 11.3 Å². The van der Waals surface area contributed by atoms with Gasteiger partial charge in [-0.15, -0.1) is 11.3 Å². The average molecular weight is 387 g/mol. The molecule has 0 aromatic carbocycles. The molecule has 3 rings (SSSR count). The number of hydrogen-bond donors (Lipinski definition) is 1. The Morgan fingerprint density at radius 2 is 2.04 bits per heavy atom. The van der Waals surface area contributed by atoms with Gasteiger partial charge in [0.25, 0.3) is 0 Å². The standard InChI is InChI=1S/C17H26N2O4S2/c1-3-4-5-14-6-7-15(24-14)10-18-8-13-9-19(25(2,22)23)12-17(13,11-18)16(20)21/h6-7,13H,3-5,8-12H2,1-2H3,(H,20,21). The van der Waals surface area contributed by atoms with Crippen LogP contribution in [0.2, 0.25) is 0 Å². The quantitative estimate of drug-likeness (QED) is 0.774. The molecule has 0 saturated carbocycles. The van der Waals surface area contributed by atoms with Crippen LogP contribution >= 0.6 is 11.3 Å². The summed E-state index contributed by atoms with van der Waals surface area (Å²) in [6.07, 6.45) is 4.63. The maximum atomic E-state index is 12.0. The second-order valence-electron chi connectivity index (χ2n) is 7.35. The first kappa shape index (κ1) is 18.8. The molecule has 2 aliphatic rings. The van der Waals surface area contributed by atoms with Gasteiger partial charge in [0.1, 0.15) is 0 Å². The second kappa shape index (κ2) is 6.98. The number of fused-ring (bicyclic) bond motifs is 1. The minimum Gasteiger partial charge on any atom is -0.481 e. The van der Waals surface area contributed by atoms with Gasteiger partial charge < -0.3 is 5.11 Å². The Morgan fingerprint density at radius 1 is 1.32 bits per heavy atom. The van der Waals surface area contributed by atoms with Crippen molar-refractivity contribution in [1.82, 2.24) is 9.21 Å². The van der Waals surface area contributed by atoms with E-state index < -0.39 is 21.4 Å². The minimum absolute atomic E-state index is 0.0918. The average Bonchev–Trinajstić information content (AvgIpc) is 3.17. The molecular formula is C17H26N2O4S2. The van der Waals surface area contributed by atoms with Gasteiger partial charge in [0.05, 0.1) is 11.7 Å². The summed E-state index contributed by atoms with van der Waals surface area (Å²) in [5.74, 6) is -1.01. The third-order valence-electron chi connectivity index (χ3n) is 5.42. The van der Waals surface area contributed by atoms with Crippen molar-refractivity contribution < 1.29 is 18.3 Å². The van der Waals surface area contributed by atoms with E-state index in [0.717, 1.165) is 19.2 Å². The number of carboxylic acids is 1. The van der Waals surface area contributed by atoms with Gasteiger partial charge in [0, 0.05) is 48.4 Å². The van der Waals surface area contributed by atoms with Crippen LogP contribution in [-0.4, -0.2) is 61.1 Å². The molecule has 8 heteroatoms. The Balaban J connectivity index is 1.68. The van der Waals surface area contributed by atoms with Gasteiger partial charge >= 0.3 is 5.97 Å². The number of sulfonamides is 1. The SMILES string of the molecule is CCCCc1ccc(CN2CC3CN(S(C)(=O)=O)CC3(C(=O)O)C2)s1. The summed E-state index contributed by atoms with van der Waals surface area (Å²) in [6.45, 7) is 4.40. The maximum absolute atomic E-state index is 12.0. The lowest BCUT2D eigenvalue weighted by Gasteiger charge is -2.24. The van der Waals surface area contributed by atoms with Crippen LogP contribution in [0.5, 0.6) is 0 Å². The van der Waals surface area contributed by atoms with Crippen LogP contribution < -0.4 is 0 Å². The Kier molecular flexibility index (Phi) is 5.26. The predicted octanol–water partition coefficient (Wildman–Crippen LogP) is 1.87. The van der Waals surface area contributed by atoms with Crippen LogP contribution in [0.1, 0.15) is 29.5 Å². The number of aryl methyl sites for hydroxylation is 1. The van der Waals surface area contributed by atoms with E-state index in [0.29, 0.717) is 19.6 Å². The monoisotopic (exact) mass is 386 g/mol. The number of hydrogen-bond acceptors (Lipinski definition) is 5. The van der Waals surface area contributed by atoms with Crippen LogP contribution in [0.3, 0.4) is 0 Å². The zero-order valence-electron chi connectivity index (χ0n) is 14.8. The summed E-state index contributed by atoms with van der Waals surface area (Å²) in [5, 5.41) is 9.80. The number of thiophene rings is 1. The number of rotatable bonds is 7. The van der Waals surface area contributed by atoms with Crippen molar-refractivity contribution in [2.24, 2.45) is 11.3 Å². The van der Waals surface area contributed by atoms with E-state index in [9.17, 15) is 18.3 Å². The van der Waals surface area contributed by atoms with E-state index in [2.05, 4.69) is 24.0 Å². The lowest BCUT2D eigenvalue weighted by Crippen LogP contribution is -2.41. The molecule has 0 spiro atoms. The van der Waals surface area contributed by atoms with E-state index in [1.165, 1.54) is 26.9 Å². The molecule has 0 aliphatic carbocycles. The van der Waals surface area contributed by atoms with Crippen molar-refractivity contribution in [2.75, 3.05) is 32.4 Å². The van der Waals surface area contributed by atoms with Gasteiger partial charge in [0.2, 0.25) is 10.0 Å². The molecule has 0 bridgehead atoms. The van der Waals surface area contributed by atoms with Crippen molar-refractivity contribution in [3.05, 3.63) is 21.9 Å². The molecular weight excluding hydrogens is 360 g/mol. The van der Waals surface area contributed by atoms with Crippen LogP contribution in [0, 0.1) is 11.3 Å². The molecule has 1 N–H and O–H groups in total. The highest BCUT2D eigenvalue weighted by Gasteiger charge is 2.59. The zero-order valence-corrected chi connectivity index (χ0v) is 16.4. The van der Waals surface area contributed by atoms with Crippen LogP contribution in [-0.2, 0) is 27.8 Å². The summed E-state index contributed by atoms with van der Waals surface area (Å²) in [6, 6.07) is 4.31. The highest BCUT2D eigenvalue weighted by Crippen LogP contribution is 2.44. The minimum atomic E-state index is -3.34. The number of unbranched alkanes of at least 4 members (excludes halogenated alkanes) is 1. The summed E-state index contributed by atoms with van der Waals surface area (Å²) in [7, 11) is -3.34. The first-order chi connectivity index (χ1) is 11.7. The number of likely N-dealkylation sites (tertiary alicyclic amines) is 1. The molecule has 0 radical (unpaired) electrons. The zero-order chi connectivity index (χ0) is 18.2. The Labute approximate surface area is 153 Å². The second-order valence-corrected chi connectivity index (χ2v) is 10.6. The van der Waals surface area contributed by atoms with Crippen molar-refractivity contribution >= 4 is 27.3 Å². The maximum Gasteiger partial charge on any atom is 0.312 e. The van der Waals surface area contributed by atoms with Gasteiger partial charge in [-0.25, -0.2) is 12.7 Å². The van der Waals surface area contributed by atoms with Crippen LogP contribution in [0.15, 0.2) is 12.1 Å². The predicted molar refractivity (Wildman–Crippen MR) is 98.2 cm³/mol. The molecule has 25 heavy (non-hydrogen) atoms. The van der Waals surface area contributed by atoms with E-state index in [4.69, 9.17) is 0 Å². The largest absolute Gasteiger partial charge is 0.481 e. The van der Waals surface area contributed by atoms with Gasteiger partial charge in [0.15, 0.2) is 0 Å². The molecule has 1 aromatic rings. The summed E-state index contributed by atoms with van der Waals surface area (Å²) >= 11 is 1.80. The fourth-order valence-corrected chi connectivity index (χ4v) is 6.03. The van der Waals surface area contributed by atoms with Crippen molar-refractivity contribution in [1.29, 1.82) is 0 Å². The van der Waals surface area contributed by atoms with Crippen molar-refractivity contribution in [2.45, 2.75) is 32.7 Å². The highest BCUT2D eigenvalue weighted by atomic mass is 32.2. The van der Waals surface area contributed by atoms with Gasteiger partial charge in [-0.2, -0.15) is 0 Å². The lowest BCUT2D eigenvalue weighted by molar-refractivity contribution is -0.148. The molecule has 2 unspecified atom stereocenters. The molecule has 2 saturated heterocycles. The number of carboxylic acid groups (broad SMARTS) is 1. The fraction of sp³-hybridized carbons (Fsp3) is 0.706. The summed E-state index contributed by atoms with van der Waals surface area (Å²) in [4.78, 5) is 16.8. The summed E-state index contributed by atoms with van der Waals surface area (Å²) in [5.41, 5.74) is -0.967. The van der Waals surface area contributed by atoms with Crippen LogP contribution in [0.25, 0.3) is 0 Å². The topological polar surface area (TPSA) is 77.9 Å². The third-order valence-corrected chi connectivity index (χ3v) is 7.76. The lowest BCUT2D eigenvalue weighted by atomic mass is 9.81. The van der Waals surface area contributed by atoms with Crippen LogP contribution in [0.4, 0.5) is 0 Å². The molecule has 3 heterocycles. The van der Waals surface area contributed by atoms with Gasteiger partial charge in [-0.1, -0.05) is 13.3 Å². The van der Waals surface area contributed by atoms with Crippen molar-refractivity contribution in [3.8, 4) is 0 Å². The molecule has 2 fully saturated rings. The van der Waals surface area contributed by atoms with E-state index >= 15 is 0 Å². The molecule has 6 nitrogen and oxygen atoms in total. The molecule has 2 aliphatic heterocycles. The first-order valence-electron chi connectivity index (χ1n) is 8.73. The normalized spacial score (nSPS) is 27.7. The number of nitrogens with zero attached hydrogens (tertiary/aromatic N) is 2. The van der Waals surface area contributed by atoms with Gasteiger partial charge in [-0.3, -0.25) is 9.69 Å². The molecule has 140 valence electrons. The van der Waals surface area contributed by atoms with Crippen molar-refractivity contribution in [3.63, 3.8) is 0 Å². The Hall–Kier alpha value is -0.960. The fourth-order valence-electron chi connectivity index (χ4n) is 4.01. The molecule has 2 atom stereocenters. The highest BCUT2D eigenvalue weighted by molar-refractivity contribution is 7.88. The Bertz CT molecular complexity index is 746. The molecule has 1 aromatic heterocycles. The summed E-state index contributed by atoms with van der Waals surface area (Å²) < 4.78 is 25.0. The number of carbonyl (C=O) groups is 1. The molecule has 0 amide bonds. The third kappa shape index (κ3) is 3.77. The smallest absolute Gasteiger partial charge is 0.312 e. The van der Waals surface area contributed by atoms with E-state index in [-0.39, 0.29) is 12.5 Å². The van der Waals surface area contributed by atoms with E-state index in [1.807, 2.05) is 0 Å². The number of aliphatic carboxylic acids is 1. The first-order valence-corrected chi connectivity index (χ1v) is 11.4. The Morgan fingerprint density at radius 3 is 2.64 bits per heavy atom. The van der Waals surface area contributed by atoms with Gasteiger partial charge in [-0.05, 0) is 25.0 Å².